The van der Waals surface area contributed by atoms with Crippen molar-refractivity contribution in [1.29, 1.82) is 0 Å². The van der Waals surface area contributed by atoms with Gasteiger partial charge in [0.1, 0.15) is 5.82 Å². The first-order valence-electron chi connectivity index (χ1n) is 5.73. The van der Waals surface area contributed by atoms with E-state index >= 15 is 0 Å². The SMILES string of the molecule is CC(C)(C)N(C[C@H](N)c1ccc(F)cc1)C(=O)O. The number of rotatable bonds is 3. The minimum atomic E-state index is -1.01. The molecule has 0 saturated heterocycles. The molecule has 0 aliphatic carbocycles. The third kappa shape index (κ3) is 3.70. The largest absolute Gasteiger partial charge is 0.465 e. The van der Waals surface area contributed by atoms with Gasteiger partial charge in [-0.05, 0) is 38.5 Å². The van der Waals surface area contributed by atoms with Crippen LogP contribution in [0.15, 0.2) is 24.3 Å². The lowest BCUT2D eigenvalue weighted by Gasteiger charge is -2.35. The zero-order valence-corrected chi connectivity index (χ0v) is 10.9. The third-order valence-electron chi connectivity index (χ3n) is 2.72. The standard InChI is InChI=1S/C13H19FN2O2/c1-13(2,3)16(12(17)18)8-11(15)9-4-6-10(14)7-5-9/h4-7,11H,8,15H2,1-3H3,(H,17,18)/t11-/m0/s1. The van der Waals surface area contributed by atoms with E-state index in [-0.39, 0.29) is 12.4 Å². The molecule has 0 bridgehead atoms. The molecule has 0 spiro atoms. The molecule has 1 rings (SSSR count). The van der Waals surface area contributed by atoms with E-state index < -0.39 is 17.7 Å². The average molecular weight is 254 g/mol. The first-order chi connectivity index (χ1) is 8.21. The number of amides is 1. The zero-order chi connectivity index (χ0) is 13.9. The molecular weight excluding hydrogens is 235 g/mol. The molecule has 0 aromatic heterocycles. The summed E-state index contributed by atoms with van der Waals surface area (Å²) < 4.78 is 12.8. The van der Waals surface area contributed by atoms with Crippen molar-refractivity contribution in [2.45, 2.75) is 32.4 Å². The summed E-state index contributed by atoms with van der Waals surface area (Å²) in [4.78, 5) is 12.5. The predicted octanol–water partition coefficient (Wildman–Crippen LogP) is 2.60. The molecule has 3 N–H and O–H groups in total. The van der Waals surface area contributed by atoms with E-state index in [0.717, 1.165) is 0 Å². The molecule has 0 fully saturated rings. The van der Waals surface area contributed by atoms with Crippen molar-refractivity contribution in [3.63, 3.8) is 0 Å². The minimum absolute atomic E-state index is 0.171. The van der Waals surface area contributed by atoms with Crippen LogP contribution in [0.3, 0.4) is 0 Å². The molecule has 0 aliphatic heterocycles. The monoisotopic (exact) mass is 254 g/mol. The molecule has 1 amide bonds. The Balaban J connectivity index is 2.82. The van der Waals surface area contributed by atoms with Crippen LogP contribution < -0.4 is 5.73 Å². The van der Waals surface area contributed by atoms with E-state index in [1.165, 1.54) is 17.0 Å². The Kier molecular flexibility index (Phi) is 4.29. The van der Waals surface area contributed by atoms with E-state index in [1.54, 1.807) is 32.9 Å². The Bertz CT molecular complexity index is 412. The summed E-state index contributed by atoms with van der Waals surface area (Å²) in [6.07, 6.45) is -1.01. The van der Waals surface area contributed by atoms with E-state index in [9.17, 15) is 9.18 Å². The quantitative estimate of drug-likeness (QED) is 0.871. The van der Waals surface area contributed by atoms with Gasteiger partial charge in [-0.2, -0.15) is 0 Å². The first kappa shape index (κ1) is 14.4. The van der Waals surface area contributed by atoms with Crippen molar-refractivity contribution in [2.75, 3.05) is 6.54 Å². The molecule has 1 aromatic rings. The van der Waals surface area contributed by atoms with Gasteiger partial charge < -0.3 is 15.7 Å². The van der Waals surface area contributed by atoms with Crippen molar-refractivity contribution in [3.8, 4) is 0 Å². The number of nitrogens with zero attached hydrogens (tertiary/aromatic N) is 1. The van der Waals surface area contributed by atoms with Gasteiger partial charge in [-0.3, -0.25) is 0 Å². The molecule has 0 radical (unpaired) electrons. The van der Waals surface area contributed by atoms with Crippen LogP contribution in [-0.4, -0.2) is 28.2 Å². The second kappa shape index (κ2) is 5.35. The smallest absolute Gasteiger partial charge is 0.407 e. The van der Waals surface area contributed by atoms with Crippen LogP contribution in [0.1, 0.15) is 32.4 Å². The van der Waals surface area contributed by atoms with Crippen LogP contribution in [-0.2, 0) is 0 Å². The fourth-order valence-corrected chi connectivity index (χ4v) is 1.65. The zero-order valence-electron chi connectivity index (χ0n) is 10.9. The maximum Gasteiger partial charge on any atom is 0.407 e. The van der Waals surface area contributed by atoms with Gasteiger partial charge in [0.25, 0.3) is 0 Å². The molecule has 0 saturated carbocycles. The lowest BCUT2D eigenvalue weighted by molar-refractivity contribution is 0.0960. The molecule has 100 valence electrons. The fourth-order valence-electron chi connectivity index (χ4n) is 1.65. The highest BCUT2D eigenvalue weighted by Crippen LogP contribution is 2.19. The molecule has 0 heterocycles. The number of carboxylic acid groups (broad SMARTS) is 1. The maximum absolute atomic E-state index is 12.8. The van der Waals surface area contributed by atoms with Crippen LogP contribution in [0.2, 0.25) is 0 Å². The number of hydrogen-bond acceptors (Lipinski definition) is 2. The van der Waals surface area contributed by atoms with Gasteiger partial charge >= 0.3 is 6.09 Å². The molecule has 1 atom stereocenters. The van der Waals surface area contributed by atoms with Crippen molar-refractivity contribution < 1.29 is 14.3 Å². The topological polar surface area (TPSA) is 66.6 Å². The minimum Gasteiger partial charge on any atom is -0.465 e. The summed E-state index contributed by atoms with van der Waals surface area (Å²) >= 11 is 0. The number of hydrogen-bond donors (Lipinski definition) is 2. The number of halogens is 1. The molecule has 0 unspecified atom stereocenters. The first-order valence-corrected chi connectivity index (χ1v) is 5.73. The van der Waals surface area contributed by atoms with E-state index in [1.807, 2.05) is 0 Å². The van der Waals surface area contributed by atoms with Crippen LogP contribution in [0, 0.1) is 5.82 Å². The van der Waals surface area contributed by atoms with Gasteiger partial charge in [0.2, 0.25) is 0 Å². The molecule has 5 heteroatoms. The normalized spacial score (nSPS) is 13.2. The van der Waals surface area contributed by atoms with Gasteiger partial charge in [0.05, 0.1) is 0 Å². The van der Waals surface area contributed by atoms with Gasteiger partial charge in [-0.1, -0.05) is 12.1 Å². The van der Waals surface area contributed by atoms with Crippen molar-refractivity contribution >= 4 is 6.09 Å². The third-order valence-corrected chi connectivity index (χ3v) is 2.72. The maximum atomic E-state index is 12.8. The van der Waals surface area contributed by atoms with Crippen molar-refractivity contribution in [2.24, 2.45) is 5.73 Å². The Morgan fingerprint density at radius 3 is 2.28 bits per heavy atom. The predicted molar refractivity (Wildman–Crippen MR) is 67.8 cm³/mol. The Hall–Kier alpha value is -1.62. The molecule has 18 heavy (non-hydrogen) atoms. The average Bonchev–Trinajstić information content (AvgIpc) is 2.24. The summed E-state index contributed by atoms with van der Waals surface area (Å²) in [5.74, 6) is -0.336. The molecule has 0 aliphatic rings. The summed E-state index contributed by atoms with van der Waals surface area (Å²) in [7, 11) is 0. The summed E-state index contributed by atoms with van der Waals surface area (Å²) in [6.45, 7) is 5.58. The summed E-state index contributed by atoms with van der Waals surface area (Å²) in [5, 5.41) is 9.16. The Morgan fingerprint density at radius 1 is 1.39 bits per heavy atom. The summed E-state index contributed by atoms with van der Waals surface area (Å²) in [6, 6.07) is 5.31. The van der Waals surface area contributed by atoms with Gasteiger partial charge in [-0.25, -0.2) is 9.18 Å². The number of benzene rings is 1. The lowest BCUT2D eigenvalue weighted by atomic mass is 10.0. The van der Waals surface area contributed by atoms with Crippen LogP contribution >= 0.6 is 0 Å². The van der Waals surface area contributed by atoms with E-state index in [2.05, 4.69) is 0 Å². The van der Waals surface area contributed by atoms with E-state index in [0.29, 0.717) is 5.56 Å². The Labute approximate surface area is 106 Å². The molecular formula is C13H19FN2O2. The number of nitrogens with two attached hydrogens (primary N) is 1. The molecule has 1 aromatic carbocycles. The lowest BCUT2D eigenvalue weighted by Crippen LogP contribution is -2.48. The highest BCUT2D eigenvalue weighted by atomic mass is 19.1. The molecule has 4 nitrogen and oxygen atoms in total. The summed E-state index contributed by atoms with van der Waals surface area (Å²) in [5.41, 5.74) is 6.14. The van der Waals surface area contributed by atoms with Gasteiger partial charge in [0.15, 0.2) is 0 Å². The van der Waals surface area contributed by atoms with Crippen LogP contribution in [0.4, 0.5) is 9.18 Å². The highest BCUT2D eigenvalue weighted by molar-refractivity contribution is 5.66. The van der Waals surface area contributed by atoms with Gasteiger partial charge in [0, 0.05) is 18.1 Å². The van der Waals surface area contributed by atoms with Crippen LogP contribution in [0.5, 0.6) is 0 Å². The Morgan fingerprint density at radius 2 is 1.89 bits per heavy atom. The second-order valence-corrected chi connectivity index (χ2v) is 5.22. The van der Waals surface area contributed by atoms with E-state index in [4.69, 9.17) is 10.8 Å². The number of carbonyl (C=O) groups is 1. The fraction of sp³-hybridized carbons (Fsp3) is 0.462. The van der Waals surface area contributed by atoms with Crippen molar-refractivity contribution in [3.05, 3.63) is 35.6 Å². The van der Waals surface area contributed by atoms with Crippen LogP contribution in [0.25, 0.3) is 0 Å². The highest BCUT2D eigenvalue weighted by Gasteiger charge is 2.27. The second-order valence-electron chi connectivity index (χ2n) is 5.22. The van der Waals surface area contributed by atoms with Gasteiger partial charge in [-0.15, -0.1) is 0 Å². The van der Waals surface area contributed by atoms with Crippen molar-refractivity contribution in [1.82, 2.24) is 4.90 Å².